The Bertz CT molecular complexity index is 62.1. The van der Waals surface area contributed by atoms with Crippen molar-refractivity contribution in [1.82, 2.24) is 0 Å². The number of aliphatic hydroxyl groups excluding tert-OH is 1. The summed E-state index contributed by atoms with van der Waals surface area (Å²) in [5.41, 5.74) is 13.5. The van der Waals surface area contributed by atoms with E-state index in [4.69, 9.17) is 16.2 Å². The second kappa shape index (κ2) is 24.0. The van der Waals surface area contributed by atoms with Gasteiger partial charge in [-0.15, -0.1) is 0 Å². The van der Waals surface area contributed by atoms with Gasteiger partial charge in [0, 0.05) is 7.11 Å². The van der Waals surface area contributed by atoms with Gasteiger partial charge in [0.1, 0.15) is 0 Å². The molecule has 0 spiro atoms. The molecule has 1 N–H and O–H groups in total. The first kappa shape index (κ1) is 16.1. The van der Waals surface area contributed by atoms with Crippen molar-refractivity contribution in [3.05, 3.63) is 16.0 Å². The van der Waals surface area contributed by atoms with Crippen LogP contribution < -0.4 is 29.6 Å². The summed E-state index contributed by atoms with van der Waals surface area (Å²) in [5.74, 6) is 0. The van der Waals surface area contributed by atoms with E-state index < -0.39 is 0 Å². The zero-order valence-electron chi connectivity index (χ0n) is 5.61. The standard InChI is InChI=1S/C3H8O2.N3.Na/c1-5-3-2-4;1-3-2;/h4H,2-3H2,1H3;;/q;-1;+1. The van der Waals surface area contributed by atoms with Crippen LogP contribution in [0, 0.1) is 0 Å². The summed E-state index contributed by atoms with van der Waals surface area (Å²) in [7, 11) is 1.55. The minimum Gasteiger partial charge on any atom is -0.394 e. The first-order valence-electron chi connectivity index (χ1n) is 1.91. The molecule has 0 aromatic heterocycles. The maximum absolute atomic E-state index is 7.94. The van der Waals surface area contributed by atoms with E-state index in [0.29, 0.717) is 6.61 Å². The molecule has 6 heteroatoms. The average Bonchev–Trinajstić information content (AvgIpc) is 1.71. The van der Waals surface area contributed by atoms with Crippen LogP contribution in [0.25, 0.3) is 16.0 Å². The van der Waals surface area contributed by atoms with Gasteiger partial charge in [0.2, 0.25) is 0 Å². The van der Waals surface area contributed by atoms with Gasteiger partial charge in [-0.2, -0.15) is 0 Å². The molecule has 0 aromatic carbocycles. The van der Waals surface area contributed by atoms with Gasteiger partial charge in [-0.3, -0.25) is 4.91 Å². The first-order valence-corrected chi connectivity index (χ1v) is 1.91. The van der Waals surface area contributed by atoms with Gasteiger partial charge in [-0.25, -0.2) is 0 Å². The molecule has 0 bridgehead atoms. The van der Waals surface area contributed by atoms with Crippen molar-refractivity contribution in [2.24, 2.45) is 0 Å². The second-order valence-electron chi connectivity index (χ2n) is 0.806. The summed E-state index contributed by atoms with van der Waals surface area (Å²) < 4.78 is 4.44. The maximum Gasteiger partial charge on any atom is 1.00 e. The third-order valence-electron chi connectivity index (χ3n) is 0.295. The molecule has 0 atom stereocenters. The van der Waals surface area contributed by atoms with Crippen molar-refractivity contribution in [2.45, 2.75) is 0 Å². The normalized spacial score (nSPS) is 5.56. The number of methoxy groups -OCH3 is 1. The van der Waals surface area contributed by atoms with E-state index >= 15 is 0 Å². The second-order valence-corrected chi connectivity index (χ2v) is 0.806. The Morgan fingerprint density at radius 1 is 1.56 bits per heavy atom. The van der Waals surface area contributed by atoms with Crippen LogP contribution in [0.1, 0.15) is 0 Å². The molecule has 0 saturated heterocycles. The van der Waals surface area contributed by atoms with Gasteiger partial charge in [-0.1, -0.05) is 0 Å². The van der Waals surface area contributed by atoms with Crippen molar-refractivity contribution in [3.63, 3.8) is 0 Å². The van der Waals surface area contributed by atoms with Crippen LogP contribution in [0.2, 0.25) is 0 Å². The van der Waals surface area contributed by atoms with E-state index in [2.05, 4.69) is 4.74 Å². The van der Waals surface area contributed by atoms with E-state index in [-0.39, 0.29) is 36.2 Å². The van der Waals surface area contributed by atoms with E-state index in [9.17, 15) is 0 Å². The minimum absolute atomic E-state index is 0. The molecule has 0 aliphatic rings. The van der Waals surface area contributed by atoms with Crippen molar-refractivity contribution >= 4 is 0 Å². The molecule has 0 heterocycles. The smallest absolute Gasteiger partial charge is 0.394 e. The van der Waals surface area contributed by atoms with Gasteiger partial charge in [-0.05, 0) is 0 Å². The molecular weight excluding hydrogens is 133 g/mol. The summed E-state index contributed by atoms with van der Waals surface area (Å²) in [4.78, 5) is 1.50. The molecule has 0 saturated carbocycles. The molecule has 0 aliphatic carbocycles. The van der Waals surface area contributed by atoms with Gasteiger partial charge in [0.05, 0.1) is 13.2 Å². The SMILES string of the molecule is COCCO.[N-]=[N+]=[N-].[Na+]. The largest absolute Gasteiger partial charge is 1.00 e. The molecule has 9 heavy (non-hydrogen) atoms. The van der Waals surface area contributed by atoms with E-state index in [1.54, 1.807) is 7.11 Å². The fraction of sp³-hybridized carbons (Fsp3) is 1.00. The van der Waals surface area contributed by atoms with Crippen molar-refractivity contribution in [2.75, 3.05) is 20.3 Å². The maximum atomic E-state index is 7.94. The van der Waals surface area contributed by atoms with Crippen molar-refractivity contribution in [1.29, 1.82) is 0 Å². The molecule has 0 aliphatic heterocycles. The molecule has 0 rings (SSSR count). The van der Waals surface area contributed by atoms with Gasteiger partial charge < -0.3 is 20.9 Å². The third-order valence-corrected chi connectivity index (χ3v) is 0.295. The third kappa shape index (κ3) is 64.2. The number of ether oxygens (including phenoxy) is 1. The Morgan fingerprint density at radius 2 is 1.89 bits per heavy atom. The van der Waals surface area contributed by atoms with E-state index in [1.165, 1.54) is 4.91 Å². The molecule has 48 valence electrons. The molecule has 5 nitrogen and oxygen atoms in total. The summed E-state index contributed by atoms with van der Waals surface area (Å²) in [6, 6.07) is 0. The zero-order chi connectivity index (χ0) is 6.83. The number of aliphatic hydroxyl groups is 1. The van der Waals surface area contributed by atoms with Crippen molar-refractivity contribution < 1.29 is 39.4 Å². The molecular formula is C3H8N3NaO2. The van der Waals surface area contributed by atoms with Crippen LogP contribution in [0.4, 0.5) is 0 Å². The fourth-order valence-corrected chi connectivity index (χ4v) is 0.0913. The van der Waals surface area contributed by atoms with Crippen molar-refractivity contribution in [3.8, 4) is 0 Å². The van der Waals surface area contributed by atoms with Crippen LogP contribution in [0.3, 0.4) is 0 Å². The molecule has 0 radical (unpaired) electrons. The van der Waals surface area contributed by atoms with Gasteiger partial charge in [0.25, 0.3) is 0 Å². The Labute approximate surface area is 75.7 Å². The molecule has 0 amide bonds. The molecule has 0 unspecified atom stereocenters. The molecule has 0 fully saturated rings. The average molecular weight is 141 g/mol. The Balaban J connectivity index is -0.0000000800. The van der Waals surface area contributed by atoms with Crippen LogP contribution in [-0.2, 0) is 4.74 Å². The Kier molecular flexibility index (Phi) is 43.0. The number of nitrogens with zero attached hydrogens (tertiary/aromatic N) is 3. The quantitative estimate of drug-likeness (QED) is 0.199. The van der Waals surface area contributed by atoms with Gasteiger partial charge in [0.15, 0.2) is 0 Å². The number of rotatable bonds is 2. The first-order chi connectivity index (χ1) is 3.83. The topological polar surface area (TPSA) is 88.2 Å². The number of hydrogen-bond donors (Lipinski definition) is 1. The zero-order valence-corrected chi connectivity index (χ0v) is 7.61. The Morgan fingerprint density at radius 3 is 1.89 bits per heavy atom. The van der Waals surface area contributed by atoms with Crippen LogP contribution in [0.5, 0.6) is 0 Å². The summed E-state index contributed by atoms with van der Waals surface area (Å²) in [5, 5.41) is 7.94. The van der Waals surface area contributed by atoms with Gasteiger partial charge >= 0.3 is 29.6 Å². The fourth-order valence-electron chi connectivity index (χ4n) is 0.0913. The van der Waals surface area contributed by atoms with E-state index in [0.717, 1.165) is 0 Å². The van der Waals surface area contributed by atoms with Crippen LogP contribution >= 0.6 is 0 Å². The minimum atomic E-state index is 0. The molecule has 0 aromatic rings. The van der Waals surface area contributed by atoms with Crippen LogP contribution in [0.15, 0.2) is 0 Å². The summed E-state index contributed by atoms with van der Waals surface area (Å²) >= 11 is 0. The van der Waals surface area contributed by atoms with E-state index in [1.807, 2.05) is 0 Å². The monoisotopic (exact) mass is 141 g/mol. The summed E-state index contributed by atoms with van der Waals surface area (Å²) in [6.07, 6.45) is 0. The number of hydrogen-bond acceptors (Lipinski definition) is 2. The Hall–Kier alpha value is 0.230. The predicted molar refractivity (Wildman–Crippen MR) is 29.0 cm³/mol. The predicted octanol–water partition coefficient (Wildman–Crippen LogP) is -2.50. The summed E-state index contributed by atoms with van der Waals surface area (Å²) in [6.45, 7) is 0.566. The van der Waals surface area contributed by atoms with Crippen LogP contribution in [-0.4, -0.2) is 25.4 Å².